The maximum absolute atomic E-state index is 6.08. The number of likely N-dealkylation sites (tertiary alicyclic amines) is 1. The third-order valence-electron chi connectivity index (χ3n) is 4.52. The lowest BCUT2D eigenvalue weighted by Gasteiger charge is -2.40. The van der Waals surface area contributed by atoms with Crippen molar-refractivity contribution in [2.45, 2.75) is 49.8 Å². The molecule has 1 aliphatic carbocycles. The first-order valence-corrected chi connectivity index (χ1v) is 7.91. The lowest BCUT2D eigenvalue weighted by atomic mass is 9.93. The van der Waals surface area contributed by atoms with Crippen LogP contribution in [0.2, 0.25) is 0 Å². The zero-order valence-corrected chi connectivity index (χ0v) is 11.6. The van der Waals surface area contributed by atoms with E-state index in [2.05, 4.69) is 29.8 Å². The summed E-state index contributed by atoms with van der Waals surface area (Å²) in [6.07, 6.45) is 9.19. The molecule has 1 heterocycles. The quantitative estimate of drug-likeness (QED) is 0.823. The number of nitrogens with zero attached hydrogens (tertiary/aromatic N) is 1. The smallest absolute Gasteiger partial charge is 0.0284 e. The van der Waals surface area contributed by atoms with Gasteiger partial charge in [0.15, 0.2) is 0 Å². The first-order valence-electron chi connectivity index (χ1n) is 6.68. The fourth-order valence-electron chi connectivity index (χ4n) is 3.25. The summed E-state index contributed by atoms with van der Waals surface area (Å²) >= 11 is 2.10. The van der Waals surface area contributed by atoms with E-state index in [4.69, 9.17) is 5.73 Å². The molecule has 0 aromatic carbocycles. The predicted octanol–water partition coefficient (Wildman–Crippen LogP) is 2.33. The van der Waals surface area contributed by atoms with E-state index >= 15 is 0 Å². The Balaban J connectivity index is 1.89. The molecule has 2 fully saturated rings. The van der Waals surface area contributed by atoms with Crippen molar-refractivity contribution in [3.05, 3.63) is 0 Å². The van der Waals surface area contributed by atoms with Crippen molar-refractivity contribution in [3.8, 4) is 0 Å². The first-order chi connectivity index (χ1) is 7.65. The van der Waals surface area contributed by atoms with Crippen LogP contribution in [0.1, 0.15) is 39.0 Å². The highest BCUT2D eigenvalue weighted by atomic mass is 32.2. The fraction of sp³-hybridized carbons (Fsp3) is 1.00. The Morgan fingerprint density at radius 3 is 2.62 bits per heavy atom. The molecule has 1 saturated heterocycles. The highest BCUT2D eigenvalue weighted by Gasteiger charge is 2.36. The molecule has 2 nitrogen and oxygen atoms in total. The summed E-state index contributed by atoms with van der Waals surface area (Å²) in [5.74, 6) is 0.675. The molecule has 2 aliphatic rings. The zero-order valence-electron chi connectivity index (χ0n) is 10.7. The van der Waals surface area contributed by atoms with Gasteiger partial charge in [0.1, 0.15) is 0 Å². The molecule has 0 amide bonds. The average molecular weight is 242 g/mol. The van der Waals surface area contributed by atoms with Crippen molar-refractivity contribution in [2.24, 2.45) is 11.7 Å². The Hall–Kier alpha value is 0.270. The maximum atomic E-state index is 6.08. The van der Waals surface area contributed by atoms with Gasteiger partial charge in [-0.1, -0.05) is 19.8 Å². The van der Waals surface area contributed by atoms with Gasteiger partial charge in [-0.2, -0.15) is 11.8 Å². The van der Waals surface area contributed by atoms with Crippen LogP contribution in [-0.2, 0) is 0 Å². The second-order valence-corrected chi connectivity index (χ2v) is 7.03. The first kappa shape index (κ1) is 12.7. The van der Waals surface area contributed by atoms with Crippen LogP contribution >= 0.6 is 11.8 Å². The van der Waals surface area contributed by atoms with E-state index in [-0.39, 0.29) is 0 Å². The van der Waals surface area contributed by atoms with E-state index in [0.717, 1.165) is 0 Å². The minimum Gasteiger partial charge on any atom is -0.327 e. The van der Waals surface area contributed by atoms with Crippen LogP contribution < -0.4 is 5.73 Å². The van der Waals surface area contributed by atoms with Gasteiger partial charge in [0.25, 0.3) is 0 Å². The van der Waals surface area contributed by atoms with Gasteiger partial charge in [-0.15, -0.1) is 0 Å². The lowest BCUT2D eigenvalue weighted by Crippen LogP contribution is -2.49. The van der Waals surface area contributed by atoms with Gasteiger partial charge in [-0.05, 0) is 38.0 Å². The molecule has 1 saturated carbocycles. The van der Waals surface area contributed by atoms with E-state index in [1.165, 1.54) is 51.7 Å². The Morgan fingerprint density at radius 1 is 1.38 bits per heavy atom. The molecule has 3 heteroatoms. The Labute approximate surface area is 104 Å². The molecule has 2 atom stereocenters. The predicted molar refractivity (Wildman–Crippen MR) is 72.9 cm³/mol. The molecule has 0 aromatic rings. The van der Waals surface area contributed by atoms with Crippen LogP contribution in [0.3, 0.4) is 0 Å². The molecule has 1 aliphatic heterocycles. The Bertz CT molecular complexity index is 226. The van der Waals surface area contributed by atoms with Crippen molar-refractivity contribution in [2.75, 3.05) is 25.9 Å². The van der Waals surface area contributed by atoms with Crippen LogP contribution in [0.15, 0.2) is 0 Å². The van der Waals surface area contributed by atoms with Gasteiger partial charge in [0.05, 0.1) is 0 Å². The second-order valence-electron chi connectivity index (χ2n) is 5.76. The third kappa shape index (κ3) is 2.74. The molecule has 0 spiro atoms. The number of hydrogen-bond acceptors (Lipinski definition) is 3. The van der Waals surface area contributed by atoms with Crippen LogP contribution in [0.4, 0.5) is 0 Å². The normalized spacial score (nSPS) is 35.4. The summed E-state index contributed by atoms with van der Waals surface area (Å²) in [7, 11) is 0. The fourth-order valence-corrected chi connectivity index (χ4v) is 4.26. The van der Waals surface area contributed by atoms with Gasteiger partial charge in [0, 0.05) is 23.9 Å². The zero-order chi connectivity index (χ0) is 11.6. The van der Waals surface area contributed by atoms with Gasteiger partial charge in [0.2, 0.25) is 0 Å². The van der Waals surface area contributed by atoms with E-state index in [0.29, 0.717) is 16.7 Å². The van der Waals surface area contributed by atoms with Gasteiger partial charge in [-0.3, -0.25) is 0 Å². The van der Waals surface area contributed by atoms with Crippen molar-refractivity contribution >= 4 is 11.8 Å². The van der Waals surface area contributed by atoms with Crippen LogP contribution in [0.25, 0.3) is 0 Å². The molecule has 0 radical (unpaired) electrons. The van der Waals surface area contributed by atoms with E-state index in [9.17, 15) is 0 Å². The minimum atomic E-state index is 0.435. The molecule has 0 aromatic heterocycles. The monoisotopic (exact) mass is 242 g/mol. The highest BCUT2D eigenvalue weighted by Crippen LogP contribution is 2.41. The van der Waals surface area contributed by atoms with Crippen molar-refractivity contribution in [1.29, 1.82) is 0 Å². The summed E-state index contributed by atoms with van der Waals surface area (Å²) in [5.41, 5.74) is 6.08. The van der Waals surface area contributed by atoms with Crippen LogP contribution in [-0.4, -0.2) is 41.6 Å². The molecular weight excluding hydrogens is 216 g/mol. The molecule has 94 valence electrons. The molecule has 2 N–H and O–H groups in total. The maximum Gasteiger partial charge on any atom is 0.0284 e. The molecule has 0 bridgehead atoms. The van der Waals surface area contributed by atoms with Crippen molar-refractivity contribution < 1.29 is 0 Å². The van der Waals surface area contributed by atoms with Crippen molar-refractivity contribution in [3.63, 3.8) is 0 Å². The lowest BCUT2D eigenvalue weighted by molar-refractivity contribution is 0.151. The average Bonchev–Trinajstić information content (AvgIpc) is 2.73. The largest absolute Gasteiger partial charge is 0.327 e. The summed E-state index contributed by atoms with van der Waals surface area (Å²) in [6, 6.07) is 0.435. The van der Waals surface area contributed by atoms with Crippen LogP contribution in [0, 0.1) is 5.92 Å². The number of rotatable bonds is 3. The minimum absolute atomic E-state index is 0.435. The molecular formula is C13H26N2S. The highest BCUT2D eigenvalue weighted by molar-refractivity contribution is 8.00. The molecule has 2 rings (SSSR count). The number of piperidine rings is 1. The van der Waals surface area contributed by atoms with Gasteiger partial charge in [-0.25, -0.2) is 0 Å². The Morgan fingerprint density at radius 2 is 2.06 bits per heavy atom. The summed E-state index contributed by atoms with van der Waals surface area (Å²) < 4.78 is 0.571. The third-order valence-corrected chi connectivity index (χ3v) is 5.92. The molecule has 2 unspecified atom stereocenters. The van der Waals surface area contributed by atoms with Crippen molar-refractivity contribution in [1.82, 2.24) is 4.90 Å². The summed E-state index contributed by atoms with van der Waals surface area (Å²) in [4.78, 5) is 2.66. The second kappa shape index (κ2) is 5.28. The van der Waals surface area contributed by atoms with E-state index < -0.39 is 0 Å². The van der Waals surface area contributed by atoms with Gasteiger partial charge < -0.3 is 10.6 Å². The topological polar surface area (TPSA) is 29.3 Å². The standard InChI is InChI=1S/C13H26N2S/c1-11-9-15(8-5-12(11)14)10-13(16-2)6-3-4-7-13/h11-12H,3-10,14H2,1-2H3. The number of nitrogens with two attached hydrogens (primary N) is 1. The Kier molecular flexibility index (Phi) is 4.20. The SMILES string of the molecule is CSC1(CN2CCC(N)C(C)C2)CCCC1. The van der Waals surface area contributed by atoms with Crippen LogP contribution in [0.5, 0.6) is 0 Å². The summed E-state index contributed by atoms with van der Waals surface area (Å²) in [6.45, 7) is 6.03. The molecule has 16 heavy (non-hydrogen) atoms. The van der Waals surface area contributed by atoms with Gasteiger partial charge >= 0.3 is 0 Å². The number of hydrogen-bond donors (Lipinski definition) is 1. The van der Waals surface area contributed by atoms with E-state index in [1.807, 2.05) is 0 Å². The number of thioether (sulfide) groups is 1. The van der Waals surface area contributed by atoms with E-state index in [1.54, 1.807) is 0 Å². The summed E-state index contributed by atoms with van der Waals surface area (Å²) in [5, 5.41) is 0.